The zero-order chi connectivity index (χ0) is 23.2. The molecule has 0 atom stereocenters. The molecule has 0 bridgehead atoms. The minimum absolute atomic E-state index is 0.223. The van der Waals surface area contributed by atoms with Gasteiger partial charge >= 0.3 is 0 Å². The van der Waals surface area contributed by atoms with Crippen LogP contribution in [0.25, 0.3) is 0 Å². The number of thiocarbonyl (C=S) groups is 1. The summed E-state index contributed by atoms with van der Waals surface area (Å²) in [5.74, 6) is 1.51. The van der Waals surface area contributed by atoms with Crippen LogP contribution in [0.3, 0.4) is 0 Å². The molecule has 1 amide bonds. The van der Waals surface area contributed by atoms with Gasteiger partial charge in [-0.3, -0.25) is 10.1 Å². The van der Waals surface area contributed by atoms with Gasteiger partial charge in [-0.05, 0) is 55.4 Å². The predicted octanol–water partition coefficient (Wildman–Crippen LogP) is 4.09. The molecule has 0 aliphatic carbocycles. The molecule has 0 unspecified atom stereocenters. The Hall–Kier alpha value is -2.84. The average Bonchev–Trinajstić information content (AvgIpc) is 2.81. The number of hydrogen-bond acceptors (Lipinski definition) is 6. The predicted molar refractivity (Wildman–Crippen MR) is 129 cm³/mol. The number of nitrogens with one attached hydrogen (secondary N) is 2. The number of carbonyl (C=O) groups is 1. The van der Waals surface area contributed by atoms with E-state index in [-0.39, 0.29) is 11.0 Å². The molecule has 32 heavy (non-hydrogen) atoms. The van der Waals surface area contributed by atoms with Crippen molar-refractivity contribution in [3.05, 3.63) is 53.6 Å². The third-order valence-electron chi connectivity index (χ3n) is 4.48. The first-order chi connectivity index (χ1) is 15.6. The van der Waals surface area contributed by atoms with Crippen molar-refractivity contribution in [3.8, 4) is 17.2 Å². The standard InChI is InChI=1S/C24H32N2O5S/c1-4-6-13-30-21-12-11-18(16-22(21)28-3)17-25-24(32)26-23(27)19-9-7-8-10-20(19)31-15-14-29-5-2/h7-12,16H,4-6,13-15,17H2,1-3H3,(H2,25,26,27,32). The number of ether oxygens (including phenoxy) is 4. The highest BCUT2D eigenvalue weighted by Crippen LogP contribution is 2.28. The van der Waals surface area contributed by atoms with Crippen LogP contribution >= 0.6 is 12.2 Å². The summed E-state index contributed by atoms with van der Waals surface area (Å²) in [7, 11) is 1.61. The monoisotopic (exact) mass is 460 g/mol. The Morgan fingerprint density at radius 2 is 1.75 bits per heavy atom. The largest absolute Gasteiger partial charge is 0.493 e. The van der Waals surface area contributed by atoms with E-state index < -0.39 is 0 Å². The molecule has 0 saturated heterocycles. The van der Waals surface area contributed by atoms with E-state index in [1.165, 1.54) is 0 Å². The molecule has 2 aromatic rings. The van der Waals surface area contributed by atoms with Crippen molar-refractivity contribution in [1.29, 1.82) is 0 Å². The van der Waals surface area contributed by atoms with Crippen molar-refractivity contribution >= 4 is 23.2 Å². The summed E-state index contributed by atoms with van der Waals surface area (Å²) in [5.41, 5.74) is 1.35. The molecule has 0 aliphatic rings. The molecule has 0 fully saturated rings. The molecular weight excluding hydrogens is 428 g/mol. The lowest BCUT2D eigenvalue weighted by Crippen LogP contribution is -2.39. The van der Waals surface area contributed by atoms with Gasteiger partial charge < -0.3 is 24.3 Å². The minimum Gasteiger partial charge on any atom is -0.493 e. The lowest BCUT2D eigenvalue weighted by Gasteiger charge is -2.14. The number of benzene rings is 2. The van der Waals surface area contributed by atoms with Crippen LogP contribution in [-0.2, 0) is 11.3 Å². The number of carbonyl (C=O) groups excluding carboxylic acids is 1. The Labute approximate surface area is 195 Å². The Morgan fingerprint density at radius 1 is 0.969 bits per heavy atom. The normalized spacial score (nSPS) is 10.3. The van der Waals surface area contributed by atoms with Gasteiger partial charge in [0.25, 0.3) is 5.91 Å². The summed E-state index contributed by atoms with van der Waals surface area (Å²) in [6.07, 6.45) is 2.05. The maximum Gasteiger partial charge on any atom is 0.261 e. The third-order valence-corrected chi connectivity index (χ3v) is 4.73. The second kappa shape index (κ2) is 14.3. The van der Waals surface area contributed by atoms with Crippen molar-refractivity contribution in [2.24, 2.45) is 0 Å². The first-order valence-electron chi connectivity index (χ1n) is 10.8. The number of amides is 1. The van der Waals surface area contributed by atoms with Gasteiger partial charge in [-0.2, -0.15) is 0 Å². The van der Waals surface area contributed by atoms with Crippen LogP contribution < -0.4 is 24.8 Å². The van der Waals surface area contributed by atoms with E-state index in [1.807, 2.05) is 31.2 Å². The first-order valence-corrected chi connectivity index (χ1v) is 11.2. The van der Waals surface area contributed by atoms with E-state index in [0.717, 1.165) is 18.4 Å². The second-order valence-corrected chi connectivity index (χ2v) is 7.27. The zero-order valence-electron chi connectivity index (χ0n) is 18.9. The molecule has 2 rings (SSSR count). The summed E-state index contributed by atoms with van der Waals surface area (Å²) in [4.78, 5) is 12.7. The number of unbranched alkanes of at least 4 members (excludes halogenated alkanes) is 1. The van der Waals surface area contributed by atoms with Crippen LogP contribution in [0.2, 0.25) is 0 Å². The van der Waals surface area contributed by atoms with E-state index >= 15 is 0 Å². The van der Waals surface area contributed by atoms with Crippen LogP contribution in [-0.4, -0.2) is 44.6 Å². The van der Waals surface area contributed by atoms with E-state index in [1.54, 1.807) is 25.3 Å². The van der Waals surface area contributed by atoms with Gasteiger partial charge in [0.2, 0.25) is 0 Å². The molecule has 0 heterocycles. The number of para-hydroxylation sites is 1. The average molecular weight is 461 g/mol. The van der Waals surface area contributed by atoms with Gasteiger partial charge in [-0.1, -0.05) is 31.5 Å². The van der Waals surface area contributed by atoms with Gasteiger partial charge in [0.15, 0.2) is 16.6 Å². The van der Waals surface area contributed by atoms with Gasteiger partial charge in [-0.25, -0.2) is 0 Å². The molecule has 7 nitrogen and oxygen atoms in total. The third kappa shape index (κ3) is 8.36. The first kappa shape index (κ1) is 25.4. The maximum atomic E-state index is 12.7. The van der Waals surface area contributed by atoms with Crippen LogP contribution in [0.15, 0.2) is 42.5 Å². The summed E-state index contributed by atoms with van der Waals surface area (Å²) in [6.45, 7) is 6.55. The maximum absolute atomic E-state index is 12.7. The number of methoxy groups -OCH3 is 1. The van der Waals surface area contributed by atoms with Crippen LogP contribution in [0.1, 0.15) is 42.6 Å². The lowest BCUT2D eigenvalue weighted by molar-refractivity contribution is 0.0957. The highest BCUT2D eigenvalue weighted by Gasteiger charge is 2.14. The quantitative estimate of drug-likeness (QED) is 0.344. The fourth-order valence-electron chi connectivity index (χ4n) is 2.80. The van der Waals surface area contributed by atoms with Gasteiger partial charge in [-0.15, -0.1) is 0 Å². The second-order valence-electron chi connectivity index (χ2n) is 6.87. The summed E-state index contributed by atoms with van der Waals surface area (Å²) in [5, 5.41) is 5.96. The van der Waals surface area contributed by atoms with Gasteiger partial charge in [0.05, 0.1) is 25.9 Å². The molecule has 8 heteroatoms. The molecule has 0 radical (unpaired) electrons. The SMILES string of the molecule is CCCCOc1ccc(CNC(=S)NC(=O)c2ccccc2OCCOCC)cc1OC. The fourth-order valence-corrected chi connectivity index (χ4v) is 2.96. The summed E-state index contributed by atoms with van der Waals surface area (Å²) in [6, 6.07) is 12.7. The number of hydrogen-bond donors (Lipinski definition) is 2. The molecule has 0 aliphatic heterocycles. The van der Waals surface area contributed by atoms with Crippen molar-refractivity contribution in [1.82, 2.24) is 10.6 Å². The number of rotatable bonds is 13. The van der Waals surface area contributed by atoms with Crippen molar-refractivity contribution < 1.29 is 23.7 Å². The Kier molecular flexibility index (Phi) is 11.3. The van der Waals surface area contributed by atoms with E-state index in [9.17, 15) is 4.79 Å². The molecule has 0 aromatic heterocycles. The topological polar surface area (TPSA) is 78.1 Å². The Bertz CT molecular complexity index is 875. The molecular formula is C24H32N2O5S. The highest BCUT2D eigenvalue weighted by molar-refractivity contribution is 7.80. The van der Waals surface area contributed by atoms with Crippen LogP contribution in [0.4, 0.5) is 0 Å². The summed E-state index contributed by atoms with van der Waals surface area (Å²) < 4.78 is 22.1. The highest BCUT2D eigenvalue weighted by atomic mass is 32.1. The van der Waals surface area contributed by atoms with E-state index in [2.05, 4.69) is 17.6 Å². The fraction of sp³-hybridized carbons (Fsp3) is 0.417. The van der Waals surface area contributed by atoms with Crippen LogP contribution in [0, 0.1) is 0 Å². The van der Waals surface area contributed by atoms with Crippen molar-refractivity contribution in [2.45, 2.75) is 33.2 Å². The van der Waals surface area contributed by atoms with E-state index in [0.29, 0.717) is 55.8 Å². The Balaban J connectivity index is 1.89. The zero-order valence-corrected chi connectivity index (χ0v) is 19.8. The molecule has 0 spiro atoms. The molecule has 0 saturated carbocycles. The van der Waals surface area contributed by atoms with Gasteiger partial charge in [0.1, 0.15) is 12.4 Å². The lowest BCUT2D eigenvalue weighted by atomic mass is 10.2. The van der Waals surface area contributed by atoms with Gasteiger partial charge in [0, 0.05) is 13.2 Å². The molecule has 174 valence electrons. The Morgan fingerprint density at radius 3 is 2.50 bits per heavy atom. The van der Waals surface area contributed by atoms with Crippen LogP contribution in [0.5, 0.6) is 17.2 Å². The smallest absolute Gasteiger partial charge is 0.261 e. The molecule has 2 aromatic carbocycles. The minimum atomic E-state index is -0.341. The van der Waals surface area contributed by atoms with Crippen molar-refractivity contribution in [3.63, 3.8) is 0 Å². The molecule has 2 N–H and O–H groups in total. The van der Waals surface area contributed by atoms with Crippen molar-refractivity contribution in [2.75, 3.05) is 33.5 Å². The van der Waals surface area contributed by atoms with E-state index in [4.69, 9.17) is 31.2 Å². The summed E-state index contributed by atoms with van der Waals surface area (Å²) >= 11 is 5.29.